The lowest BCUT2D eigenvalue weighted by atomic mass is 9.88. The smallest absolute Gasteiger partial charge is 0.410 e. The summed E-state index contributed by atoms with van der Waals surface area (Å²) in [5.74, 6) is -0.684. The Labute approximate surface area is 269 Å². The van der Waals surface area contributed by atoms with Gasteiger partial charge < -0.3 is 24.6 Å². The van der Waals surface area contributed by atoms with Crippen molar-refractivity contribution < 1.29 is 29.3 Å². The van der Waals surface area contributed by atoms with E-state index < -0.39 is 36.0 Å². The van der Waals surface area contributed by atoms with Gasteiger partial charge in [-0.25, -0.2) is 4.79 Å². The Hall–Kier alpha value is -3.01. The molecule has 0 radical (unpaired) electrons. The van der Waals surface area contributed by atoms with Crippen LogP contribution in [0.4, 0.5) is 4.79 Å². The molecule has 2 aliphatic heterocycles. The van der Waals surface area contributed by atoms with Crippen LogP contribution in [0.5, 0.6) is 0 Å². The van der Waals surface area contributed by atoms with Crippen LogP contribution >= 0.6 is 0 Å². The number of pyridine rings is 1. The summed E-state index contributed by atoms with van der Waals surface area (Å²) in [6, 6.07) is 6.44. The number of piperazine rings is 1. The number of carbonyl (C=O) groups excluding carboxylic acids is 2. The Morgan fingerprint density at radius 2 is 1.87 bits per heavy atom. The summed E-state index contributed by atoms with van der Waals surface area (Å²) in [4.78, 5) is 34.8. The van der Waals surface area contributed by atoms with Crippen molar-refractivity contribution in [3.05, 3.63) is 66.0 Å². The minimum Gasteiger partial charge on any atom is -0.457 e. The number of esters is 1. The summed E-state index contributed by atoms with van der Waals surface area (Å²) in [7, 11) is 0. The van der Waals surface area contributed by atoms with Gasteiger partial charge in [0.2, 0.25) is 0 Å². The van der Waals surface area contributed by atoms with Crippen molar-refractivity contribution in [3.8, 4) is 0 Å². The van der Waals surface area contributed by atoms with E-state index in [0.29, 0.717) is 19.1 Å². The molecule has 1 aliphatic carbocycles. The highest BCUT2D eigenvalue weighted by atomic mass is 16.6. The predicted octanol–water partition coefficient (Wildman–Crippen LogP) is 5.54. The van der Waals surface area contributed by atoms with E-state index in [2.05, 4.69) is 16.8 Å². The van der Waals surface area contributed by atoms with E-state index in [1.54, 1.807) is 24.1 Å². The lowest BCUT2D eigenvalue weighted by molar-refractivity contribution is -0.151. The van der Waals surface area contributed by atoms with Crippen LogP contribution in [0.15, 0.2) is 60.3 Å². The number of amides is 1. The van der Waals surface area contributed by atoms with Crippen LogP contribution in [0.1, 0.15) is 90.7 Å². The molecule has 3 heterocycles. The molecule has 0 bridgehead atoms. The fraction of sp³-hybridized carbons (Fsp3) is 0.639. The maximum absolute atomic E-state index is 13.3. The standard InChI is InChI=1S/C36H53N3O6/c1-26(31-15-8-9-20-37-31)11-10-12-27(2)34-28(3)16-17-32(36(4,43)19-18-30(40)25-33(41)45-34)44-35(42)39-23-21-38(22-24-39)29-13-6-5-7-14-29/h8-12,15-17,20,26,28-30,32,34,40,43H,5-7,13-14,18-19,21-25H2,1-4H3/b11-10+,17-16-,27-12+/t26-,28-,30-,32-,34+,36-/m0/s1. The monoisotopic (exact) mass is 623 g/mol. The topological polar surface area (TPSA) is 112 Å². The second-order valence-corrected chi connectivity index (χ2v) is 13.4. The first kappa shape index (κ1) is 34.9. The number of ether oxygens (including phenoxy) is 2. The van der Waals surface area contributed by atoms with E-state index in [9.17, 15) is 19.8 Å². The molecule has 2 N–H and O–H groups in total. The van der Waals surface area contributed by atoms with E-state index in [4.69, 9.17) is 9.47 Å². The average molecular weight is 624 g/mol. The summed E-state index contributed by atoms with van der Waals surface area (Å²) in [6.07, 6.45) is 14.7. The summed E-state index contributed by atoms with van der Waals surface area (Å²) in [6.45, 7) is 10.4. The minimum atomic E-state index is -1.44. The van der Waals surface area contributed by atoms with Crippen molar-refractivity contribution in [1.29, 1.82) is 0 Å². The zero-order chi connectivity index (χ0) is 32.4. The minimum absolute atomic E-state index is 0.106. The zero-order valence-corrected chi connectivity index (χ0v) is 27.5. The number of aliphatic hydroxyl groups excluding tert-OH is 1. The molecule has 9 nitrogen and oxygen atoms in total. The molecular formula is C36H53N3O6. The van der Waals surface area contributed by atoms with Gasteiger partial charge >= 0.3 is 12.1 Å². The van der Waals surface area contributed by atoms with Crippen LogP contribution in [0.2, 0.25) is 0 Å². The molecule has 1 amide bonds. The second-order valence-electron chi connectivity index (χ2n) is 13.4. The van der Waals surface area contributed by atoms with Gasteiger partial charge in [-0.15, -0.1) is 0 Å². The first-order valence-electron chi connectivity index (χ1n) is 16.8. The van der Waals surface area contributed by atoms with Crippen LogP contribution < -0.4 is 0 Å². The van der Waals surface area contributed by atoms with Crippen LogP contribution in [-0.4, -0.2) is 93.2 Å². The molecule has 9 heteroatoms. The molecule has 248 valence electrons. The predicted molar refractivity (Wildman–Crippen MR) is 175 cm³/mol. The molecule has 0 spiro atoms. The van der Waals surface area contributed by atoms with Crippen molar-refractivity contribution in [2.24, 2.45) is 5.92 Å². The first-order chi connectivity index (χ1) is 21.5. The van der Waals surface area contributed by atoms with Gasteiger partial charge in [-0.1, -0.05) is 63.5 Å². The Morgan fingerprint density at radius 1 is 1.13 bits per heavy atom. The summed E-state index contributed by atoms with van der Waals surface area (Å²) >= 11 is 0. The molecule has 1 aromatic rings. The van der Waals surface area contributed by atoms with Crippen molar-refractivity contribution >= 4 is 12.1 Å². The number of aromatic nitrogens is 1. The summed E-state index contributed by atoms with van der Waals surface area (Å²) in [5.41, 5.74) is 0.346. The van der Waals surface area contributed by atoms with Crippen LogP contribution in [-0.2, 0) is 14.3 Å². The highest BCUT2D eigenvalue weighted by Crippen LogP contribution is 2.28. The highest BCUT2D eigenvalue weighted by molar-refractivity contribution is 5.70. The van der Waals surface area contributed by atoms with Crippen LogP contribution in [0, 0.1) is 5.92 Å². The molecule has 45 heavy (non-hydrogen) atoms. The van der Waals surface area contributed by atoms with Crippen LogP contribution in [0.25, 0.3) is 0 Å². The molecule has 1 saturated heterocycles. The van der Waals surface area contributed by atoms with Gasteiger partial charge in [-0.05, 0) is 63.3 Å². The van der Waals surface area contributed by atoms with Gasteiger partial charge in [0.15, 0.2) is 6.10 Å². The fourth-order valence-corrected chi connectivity index (χ4v) is 6.56. The van der Waals surface area contributed by atoms with E-state index >= 15 is 0 Å². The van der Waals surface area contributed by atoms with Crippen LogP contribution in [0.3, 0.4) is 0 Å². The Morgan fingerprint density at radius 3 is 2.56 bits per heavy atom. The van der Waals surface area contributed by atoms with Gasteiger partial charge in [0.1, 0.15) is 11.7 Å². The number of carbonyl (C=O) groups is 2. The molecule has 3 aliphatic rings. The Balaban J connectivity index is 1.46. The molecule has 6 atom stereocenters. The number of aliphatic hydroxyl groups is 2. The average Bonchev–Trinajstić information content (AvgIpc) is 3.04. The third-order valence-electron chi connectivity index (χ3n) is 9.58. The number of hydrogen-bond donors (Lipinski definition) is 2. The lowest BCUT2D eigenvalue weighted by Crippen LogP contribution is -2.53. The molecule has 1 saturated carbocycles. The molecule has 2 fully saturated rings. The van der Waals surface area contributed by atoms with E-state index in [1.165, 1.54) is 32.1 Å². The summed E-state index contributed by atoms with van der Waals surface area (Å²) in [5, 5.41) is 22.1. The van der Waals surface area contributed by atoms with Gasteiger partial charge in [0.05, 0.1) is 12.5 Å². The molecular weight excluding hydrogens is 570 g/mol. The number of nitrogens with zero attached hydrogens (tertiary/aromatic N) is 3. The van der Waals surface area contributed by atoms with Crippen molar-refractivity contribution in [2.45, 2.75) is 115 Å². The van der Waals surface area contributed by atoms with Gasteiger partial charge in [-0.2, -0.15) is 0 Å². The maximum atomic E-state index is 13.3. The largest absolute Gasteiger partial charge is 0.457 e. The van der Waals surface area contributed by atoms with Crippen molar-refractivity contribution in [2.75, 3.05) is 26.2 Å². The van der Waals surface area contributed by atoms with Crippen molar-refractivity contribution in [3.63, 3.8) is 0 Å². The highest BCUT2D eigenvalue weighted by Gasteiger charge is 2.37. The summed E-state index contributed by atoms with van der Waals surface area (Å²) < 4.78 is 11.9. The molecule has 0 aromatic carbocycles. The quantitative estimate of drug-likeness (QED) is 0.241. The third kappa shape index (κ3) is 10.2. The van der Waals surface area contributed by atoms with E-state index in [1.807, 2.05) is 56.4 Å². The third-order valence-corrected chi connectivity index (χ3v) is 9.58. The number of hydrogen-bond acceptors (Lipinski definition) is 8. The van der Waals surface area contributed by atoms with E-state index in [-0.39, 0.29) is 31.1 Å². The van der Waals surface area contributed by atoms with E-state index in [0.717, 1.165) is 24.4 Å². The SMILES string of the molecule is C/C(=C\C=C\[C@H](C)c1ccccn1)[C@H]1OC(=O)C[C@@H](O)CC[C@](C)(O)[C@@H](OC(=O)N2CCN(C3CCCCC3)CC2)/C=C\[C@@H]1C. The normalized spacial score (nSPS) is 31.5. The van der Waals surface area contributed by atoms with Crippen molar-refractivity contribution in [1.82, 2.24) is 14.8 Å². The maximum Gasteiger partial charge on any atom is 0.410 e. The Bertz CT molecular complexity index is 1180. The second kappa shape index (κ2) is 16.5. The molecule has 4 rings (SSSR count). The zero-order valence-electron chi connectivity index (χ0n) is 27.5. The van der Waals surface area contributed by atoms with Gasteiger partial charge in [0, 0.05) is 55.9 Å². The molecule has 0 unspecified atom stereocenters. The van der Waals surface area contributed by atoms with Gasteiger partial charge in [0.25, 0.3) is 0 Å². The lowest BCUT2D eigenvalue weighted by Gasteiger charge is -2.41. The molecule has 1 aromatic heterocycles. The number of allylic oxidation sites excluding steroid dienone is 3. The number of cyclic esters (lactones) is 1. The number of rotatable bonds is 6. The fourth-order valence-electron chi connectivity index (χ4n) is 6.56. The first-order valence-corrected chi connectivity index (χ1v) is 16.8. The Kier molecular flexibility index (Phi) is 12.8. The van der Waals surface area contributed by atoms with Gasteiger partial charge in [-0.3, -0.25) is 14.7 Å².